The van der Waals surface area contributed by atoms with Crippen LogP contribution in [0.4, 0.5) is 0 Å². The first-order chi connectivity index (χ1) is 7.31. The number of hydrogen-bond donors (Lipinski definition) is 2. The first kappa shape index (κ1) is 11.4. The van der Waals surface area contributed by atoms with E-state index >= 15 is 0 Å². The lowest BCUT2D eigenvalue weighted by Gasteiger charge is -2.34. The van der Waals surface area contributed by atoms with Crippen molar-refractivity contribution in [2.45, 2.75) is 38.3 Å². The second-order valence-corrected chi connectivity index (χ2v) is 5.19. The Labute approximate surface area is 93.6 Å². The van der Waals surface area contributed by atoms with Gasteiger partial charge in [0, 0.05) is 18.6 Å². The molecule has 3 nitrogen and oxygen atoms in total. The van der Waals surface area contributed by atoms with Gasteiger partial charge in [0.05, 0.1) is 0 Å². The summed E-state index contributed by atoms with van der Waals surface area (Å²) in [7, 11) is 2.07. The van der Waals surface area contributed by atoms with Crippen molar-refractivity contribution in [2.24, 2.45) is 5.92 Å². The molecule has 2 aliphatic rings. The summed E-state index contributed by atoms with van der Waals surface area (Å²) in [5.41, 5.74) is 0. The van der Waals surface area contributed by atoms with Crippen LogP contribution >= 0.6 is 0 Å². The van der Waals surface area contributed by atoms with E-state index in [2.05, 4.69) is 29.5 Å². The van der Waals surface area contributed by atoms with Gasteiger partial charge in [-0.05, 0) is 58.8 Å². The molecule has 2 saturated heterocycles. The van der Waals surface area contributed by atoms with Crippen LogP contribution in [0.5, 0.6) is 0 Å². The van der Waals surface area contributed by atoms with Gasteiger partial charge in [-0.15, -0.1) is 0 Å². The predicted octanol–water partition coefficient (Wildman–Crippen LogP) is 0.668. The van der Waals surface area contributed by atoms with E-state index in [9.17, 15) is 0 Å². The Morgan fingerprint density at radius 1 is 1.33 bits per heavy atom. The maximum Gasteiger partial charge on any atom is 0.0122 e. The first-order valence-electron chi connectivity index (χ1n) is 6.42. The summed E-state index contributed by atoms with van der Waals surface area (Å²) < 4.78 is 0. The van der Waals surface area contributed by atoms with Crippen LogP contribution in [0.25, 0.3) is 0 Å². The SMILES string of the molecule is CNCC1CC(C)N(C2CCNCC2)C1. The highest BCUT2D eigenvalue weighted by atomic mass is 15.2. The van der Waals surface area contributed by atoms with Gasteiger partial charge in [0.25, 0.3) is 0 Å². The molecule has 88 valence electrons. The van der Waals surface area contributed by atoms with Crippen LogP contribution in [0.15, 0.2) is 0 Å². The summed E-state index contributed by atoms with van der Waals surface area (Å²) in [6, 6.07) is 1.65. The largest absolute Gasteiger partial charge is 0.319 e. The topological polar surface area (TPSA) is 27.3 Å². The summed E-state index contributed by atoms with van der Waals surface area (Å²) >= 11 is 0. The average Bonchev–Trinajstić information content (AvgIpc) is 2.61. The molecule has 2 heterocycles. The average molecular weight is 211 g/mol. The molecule has 15 heavy (non-hydrogen) atoms. The summed E-state index contributed by atoms with van der Waals surface area (Å²) in [4.78, 5) is 2.75. The molecule has 2 unspecified atom stereocenters. The second kappa shape index (κ2) is 5.28. The molecule has 0 spiro atoms. The lowest BCUT2D eigenvalue weighted by atomic mass is 10.0. The van der Waals surface area contributed by atoms with E-state index in [1.165, 1.54) is 45.4 Å². The molecule has 0 saturated carbocycles. The molecule has 0 bridgehead atoms. The monoisotopic (exact) mass is 211 g/mol. The summed E-state index contributed by atoms with van der Waals surface area (Å²) in [5.74, 6) is 0.875. The maximum absolute atomic E-state index is 3.45. The predicted molar refractivity (Wildman–Crippen MR) is 64.1 cm³/mol. The fourth-order valence-electron chi connectivity index (χ4n) is 3.25. The summed E-state index contributed by atoms with van der Waals surface area (Å²) in [5, 5.41) is 6.77. The van der Waals surface area contributed by atoms with Crippen molar-refractivity contribution in [3.05, 3.63) is 0 Å². The maximum atomic E-state index is 3.45. The Kier molecular flexibility index (Phi) is 4.00. The van der Waals surface area contributed by atoms with Crippen molar-refractivity contribution in [2.75, 3.05) is 33.2 Å². The molecule has 0 radical (unpaired) electrons. The third kappa shape index (κ3) is 2.71. The fourth-order valence-corrected chi connectivity index (χ4v) is 3.25. The number of rotatable bonds is 3. The van der Waals surface area contributed by atoms with Gasteiger partial charge in [-0.2, -0.15) is 0 Å². The molecule has 2 aliphatic heterocycles. The zero-order valence-electron chi connectivity index (χ0n) is 10.1. The lowest BCUT2D eigenvalue weighted by molar-refractivity contribution is 0.153. The number of nitrogens with zero attached hydrogens (tertiary/aromatic N) is 1. The molecule has 0 amide bonds. The molecule has 0 aromatic rings. The van der Waals surface area contributed by atoms with E-state index in [1.54, 1.807) is 0 Å². The Morgan fingerprint density at radius 2 is 2.07 bits per heavy atom. The molecule has 0 aliphatic carbocycles. The molecule has 2 N–H and O–H groups in total. The van der Waals surface area contributed by atoms with Gasteiger partial charge in [0.2, 0.25) is 0 Å². The smallest absolute Gasteiger partial charge is 0.0122 e. The molecule has 3 heteroatoms. The minimum absolute atomic E-state index is 0.798. The van der Waals surface area contributed by atoms with E-state index in [0.717, 1.165) is 18.0 Å². The third-order valence-corrected chi connectivity index (χ3v) is 3.98. The molecule has 0 aromatic heterocycles. The molecule has 2 fully saturated rings. The quantitative estimate of drug-likeness (QED) is 0.718. The van der Waals surface area contributed by atoms with Gasteiger partial charge in [-0.1, -0.05) is 0 Å². The molecular formula is C12H25N3. The van der Waals surface area contributed by atoms with Gasteiger partial charge in [-0.3, -0.25) is 4.90 Å². The fraction of sp³-hybridized carbons (Fsp3) is 1.00. The highest BCUT2D eigenvalue weighted by Gasteiger charge is 2.33. The Hall–Kier alpha value is -0.120. The van der Waals surface area contributed by atoms with E-state index in [4.69, 9.17) is 0 Å². The summed E-state index contributed by atoms with van der Waals surface area (Å²) in [6.07, 6.45) is 4.07. The zero-order valence-corrected chi connectivity index (χ0v) is 10.1. The van der Waals surface area contributed by atoms with Crippen molar-refractivity contribution in [3.63, 3.8) is 0 Å². The number of likely N-dealkylation sites (tertiary alicyclic amines) is 1. The van der Waals surface area contributed by atoms with E-state index in [-0.39, 0.29) is 0 Å². The van der Waals surface area contributed by atoms with Crippen molar-refractivity contribution in [3.8, 4) is 0 Å². The van der Waals surface area contributed by atoms with Crippen LogP contribution in [-0.2, 0) is 0 Å². The van der Waals surface area contributed by atoms with Crippen LogP contribution in [0.2, 0.25) is 0 Å². The van der Waals surface area contributed by atoms with Gasteiger partial charge >= 0.3 is 0 Å². The standard InChI is InChI=1S/C12H25N3/c1-10-7-11(8-13-2)9-15(10)12-3-5-14-6-4-12/h10-14H,3-9H2,1-2H3. The molecular weight excluding hydrogens is 186 g/mol. The van der Waals surface area contributed by atoms with E-state index < -0.39 is 0 Å². The van der Waals surface area contributed by atoms with Crippen molar-refractivity contribution >= 4 is 0 Å². The molecule has 2 atom stereocenters. The Balaban J connectivity index is 1.86. The van der Waals surface area contributed by atoms with Gasteiger partial charge in [0.15, 0.2) is 0 Å². The van der Waals surface area contributed by atoms with Crippen LogP contribution in [0.1, 0.15) is 26.2 Å². The number of hydrogen-bond acceptors (Lipinski definition) is 3. The highest BCUT2D eigenvalue weighted by Crippen LogP contribution is 2.27. The first-order valence-corrected chi connectivity index (χ1v) is 6.42. The number of piperidine rings is 1. The second-order valence-electron chi connectivity index (χ2n) is 5.19. The van der Waals surface area contributed by atoms with Crippen molar-refractivity contribution < 1.29 is 0 Å². The lowest BCUT2D eigenvalue weighted by Crippen LogP contribution is -2.44. The van der Waals surface area contributed by atoms with Crippen molar-refractivity contribution in [1.29, 1.82) is 0 Å². The van der Waals surface area contributed by atoms with Gasteiger partial charge in [-0.25, -0.2) is 0 Å². The van der Waals surface area contributed by atoms with Crippen LogP contribution in [-0.4, -0.2) is 50.2 Å². The normalized spacial score (nSPS) is 34.8. The van der Waals surface area contributed by atoms with E-state index in [0.29, 0.717) is 0 Å². The zero-order chi connectivity index (χ0) is 10.7. The minimum Gasteiger partial charge on any atom is -0.319 e. The summed E-state index contributed by atoms with van der Waals surface area (Å²) in [6.45, 7) is 7.32. The van der Waals surface area contributed by atoms with Gasteiger partial charge < -0.3 is 10.6 Å². The Morgan fingerprint density at radius 3 is 2.73 bits per heavy atom. The minimum atomic E-state index is 0.798. The van der Waals surface area contributed by atoms with E-state index in [1.807, 2.05) is 0 Å². The number of nitrogens with one attached hydrogen (secondary N) is 2. The molecule has 0 aromatic carbocycles. The van der Waals surface area contributed by atoms with Gasteiger partial charge in [0.1, 0.15) is 0 Å². The van der Waals surface area contributed by atoms with Crippen LogP contribution in [0.3, 0.4) is 0 Å². The van der Waals surface area contributed by atoms with Crippen LogP contribution < -0.4 is 10.6 Å². The third-order valence-electron chi connectivity index (χ3n) is 3.98. The van der Waals surface area contributed by atoms with Crippen molar-refractivity contribution in [1.82, 2.24) is 15.5 Å². The van der Waals surface area contributed by atoms with Crippen LogP contribution in [0, 0.1) is 5.92 Å². The Bertz CT molecular complexity index is 189. The highest BCUT2D eigenvalue weighted by molar-refractivity contribution is 4.89. The molecule has 2 rings (SSSR count).